The molecule has 4 heterocycles. The molecule has 0 saturated heterocycles. The largest absolute Gasteiger partial charge is 0.493 e. The number of carbonyl (C=O) groups excluding carboxylic acids is 3. The molecule has 3 amide bonds. The van der Waals surface area contributed by atoms with Crippen molar-refractivity contribution in [1.29, 1.82) is 0 Å². The van der Waals surface area contributed by atoms with Crippen LogP contribution in [-0.4, -0.2) is 88.4 Å². The highest BCUT2D eigenvalue weighted by Gasteiger charge is 2.39. The fourth-order valence-electron chi connectivity index (χ4n) is 9.26. The number of aryl methyl sites for hydroxylation is 1. The van der Waals surface area contributed by atoms with Gasteiger partial charge in [0.05, 0.1) is 68.1 Å². The number of ether oxygens (including phenoxy) is 6. The van der Waals surface area contributed by atoms with Crippen LogP contribution in [0.4, 0.5) is 33.2 Å². The molecule has 4 aliphatic rings. The summed E-state index contributed by atoms with van der Waals surface area (Å²) in [5.74, 6) is 1.22. The summed E-state index contributed by atoms with van der Waals surface area (Å²) in [6.07, 6.45) is 3.69. The van der Waals surface area contributed by atoms with Gasteiger partial charge in [-0.25, -0.2) is 4.79 Å². The number of hydrogen-bond acceptors (Lipinski definition) is 11. The van der Waals surface area contributed by atoms with Gasteiger partial charge in [-0.05, 0) is 111 Å². The molecule has 0 aromatic heterocycles. The highest BCUT2D eigenvalue weighted by Crippen LogP contribution is 2.42. The molecule has 9 rings (SSSR count). The number of hydrogen-bond donors (Lipinski definition) is 1. The van der Waals surface area contributed by atoms with Crippen LogP contribution in [0.1, 0.15) is 82.6 Å². The second-order valence-electron chi connectivity index (χ2n) is 18.5. The normalized spacial score (nSPS) is 16.6. The first-order valence-corrected chi connectivity index (χ1v) is 23.4. The van der Waals surface area contributed by atoms with E-state index in [0.29, 0.717) is 78.2 Å². The summed E-state index contributed by atoms with van der Waals surface area (Å²) in [7, 11) is 1.55. The van der Waals surface area contributed by atoms with Crippen molar-refractivity contribution in [2.24, 2.45) is 4.99 Å². The number of amides is 3. The van der Waals surface area contributed by atoms with Gasteiger partial charge >= 0.3 is 6.09 Å². The topological polar surface area (TPSA) is 141 Å². The van der Waals surface area contributed by atoms with Gasteiger partial charge in [-0.1, -0.05) is 43.3 Å². The van der Waals surface area contributed by atoms with Crippen LogP contribution in [0, 0.1) is 6.92 Å². The maximum absolute atomic E-state index is 14.1. The van der Waals surface area contributed by atoms with Crippen LogP contribution in [0.25, 0.3) is 0 Å². The van der Waals surface area contributed by atoms with Crippen LogP contribution in [-0.2, 0) is 40.3 Å². The fraction of sp³-hybridized carbons (Fsp3) is 0.370. The molecule has 0 aliphatic carbocycles. The van der Waals surface area contributed by atoms with Gasteiger partial charge in [-0.15, -0.1) is 0 Å². The van der Waals surface area contributed by atoms with E-state index in [1.165, 1.54) is 0 Å². The summed E-state index contributed by atoms with van der Waals surface area (Å²) in [5.41, 5.74) is 8.36. The lowest BCUT2D eigenvalue weighted by Gasteiger charge is -2.28. The van der Waals surface area contributed by atoms with E-state index < -0.39 is 11.7 Å². The standard InChI is InChI=1S/C54H59N5O9/c1-7-17-64-19-20-65-18-16-57(53(62)68-54(3,4)5)39-23-35(32-66-48-28-44-42(21-34(48)2)51(60)58-40(30-55-44)25-37-12-8-10-14-46(37)58)22-36(24-39)33-67-50-29-45-43(27-49(50)63-6)52(61)59-41(31-56-45)26-38-13-9-11-15-47(38)59/h8-15,21-24,27-30,40-41,56H,7,16-20,25-26,31-33H2,1-6H3/t40-,41-/m0/s1. The van der Waals surface area contributed by atoms with Crippen LogP contribution in [0.15, 0.2) is 96.0 Å². The quantitative estimate of drug-likeness (QED) is 0.0952. The van der Waals surface area contributed by atoms with E-state index in [1.54, 1.807) is 18.1 Å². The Hall–Kier alpha value is -6.90. The minimum absolute atomic E-state index is 0.0283. The molecule has 0 unspecified atom stereocenters. The van der Waals surface area contributed by atoms with Gasteiger partial charge in [0.15, 0.2) is 11.5 Å². The Balaban J connectivity index is 0.999. The SMILES string of the molecule is CCCOCCOCCN(C(=O)OC(C)(C)C)c1cc(COc2cc3c(cc2C)C(=O)N2c4ccccc4C[C@H]2C=N3)cc(COc2cc3c(cc2OC)C(=O)N2c4ccccc4C[C@H]2CN3)c1. The summed E-state index contributed by atoms with van der Waals surface area (Å²) in [4.78, 5) is 52.3. The van der Waals surface area contributed by atoms with E-state index in [4.69, 9.17) is 33.4 Å². The molecule has 0 spiro atoms. The van der Waals surface area contributed by atoms with E-state index in [9.17, 15) is 14.4 Å². The molecule has 1 N–H and O–H groups in total. The zero-order valence-corrected chi connectivity index (χ0v) is 39.6. The molecule has 2 atom stereocenters. The third-order valence-corrected chi connectivity index (χ3v) is 12.4. The first-order valence-electron chi connectivity index (χ1n) is 23.4. The molecular weight excluding hydrogens is 863 g/mol. The lowest BCUT2D eigenvalue weighted by atomic mass is 10.1. The summed E-state index contributed by atoms with van der Waals surface area (Å²) in [6, 6.07) is 28.8. The number of methoxy groups -OCH3 is 1. The number of aliphatic imine (C=N–C) groups is 1. The van der Waals surface area contributed by atoms with Gasteiger partial charge in [-0.3, -0.25) is 24.4 Å². The number of anilines is 4. The van der Waals surface area contributed by atoms with Crippen molar-refractivity contribution in [1.82, 2.24) is 0 Å². The molecular formula is C54H59N5O9. The predicted octanol–water partition coefficient (Wildman–Crippen LogP) is 9.63. The smallest absolute Gasteiger partial charge is 0.414 e. The van der Waals surface area contributed by atoms with Gasteiger partial charge in [0.1, 0.15) is 24.6 Å². The van der Waals surface area contributed by atoms with E-state index in [1.807, 2.05) is 117 Å². The molecule has 4 aliphatic heterocycles. The number of nitrogens with zero attached hydrogens (tertiary/aromatic N) is 4. The number of para-hydroxylation sites is 2. The Labute approximate surface area is 397 Å². The molecule has 5 aromatic rings. The molecule has 0 radical (unpaired) electrons. The van der Waals surface area contributed by atoms with Crippen molar-refractivity contribution in [2.45, 2.75) is 84.8 Å². The predicted molar refractivity (Wildman–Crippen MR) is 263 cm³/mol. The second kappa shape index (κ2) is 19.7. The minimum Gasteiger partial charge on any atom is -0.493 e. The highest BCUT2D eigenvalue weighted by molar-refractivity contribution is 6.15. The number of fused-ring (bicyclic) bond motifs is 8. The molecule has 0 bridgehead atoms. The molecule has 0 saturated carbocycles. The zero-order valence-electron chi connectivity index (χ0n) is 39.6. The number of nitrogens with one attached hydrogen (secondary N) is 1. The first kappa shape index (κ1) is 46.2. The van der Waals surface area contributed by atoms with Gasteiger partial charge in [0, 0.05) is 55.0 Å². The molecule has 5 aromatic carbocycles. The molecule has 68 heavy (non-hydrogen) atoms. The van der Waals surface area contributed by atoms with E-state index in [0.717, 1.165) is 52.0 Å². The monoisotopic (exact) mass is 921 g/mol. The van der Waals surface area contributed by atoms with Gasteiger partial charge in [-0.2, -0.15) is 0 Å². The van der Waals surface area contributed by atoms with E-state index >= 15 is 0 Å². The van der Waals surface area contributed by atoms with Gasteiger partial charge in [0.25, 0.3) is 11.8 Å². The Bertz CT molecular complexity index is 2750. The van der Waals surface area contributed by atoms with Crippen molar-refractivity contribution in [3.63, 3.8) is 0 Å². The maximum atomic E-state index is 14.1. The van der Waals surface area contributed by atoms with Crippen molar-refractivity contribution in [3.8, 4) is 17.2 Å². The minimum atomic E-state index is -0.765. The summed E-state index contributed by atoms with van der Waals surface area (Å²) >= 11 is 0. The van der Waals surface area contributed by atoms with E-state index in [2.05, 4.69) is 24.4 Å². The van der Waals surface area contributed by atoms with Crippen molar-refractivity contribution >= 4 is 52.6 Å². The summed E-state index contributed by atoms with van der Waals surface area (Å²) < 4.78 is 36.4. The highest BCUT2D eigenvalue weighted by atomic mass is 16.6. The zero-order chi connectivity index (χ0) is 47.5. The van der Waals surface area contributed by atoms with Crippen LogP contribution in [0.2, 0.25) is 0 Å². The Morgan fingerprint density at radius 1 is 0.765 bits per heavy atom. The Morgan fingerprint density at radius 2 is 1.43 bits per heavy atom. The Morgan fingerprint density at radius 3 is 2.13 bits per heavy atom. The van der Waals surface area contributed by atoms with Crippen molar-refractivity contribution < 1.29 is 42.8 Å². The number of benzene rings is 5. The average molecular weight is 922 g/mol. The van der Waals surface area contributed by atoms with Crippen LogP contribution in [0.5, 0.6) is 17.2 Å². The molecule has 14 heteroatoms. The molecule has 0 fully saturated rings. The van der Waals surface area contributed by atoms with Crippen LogP contribution < -0.4 is 34.2 Å². The third-order valence-electron chi connectivity index (χ3n) is 12.4. The first-order chi connectivity index (χ1) is 32.9. The Kier molecular flexibility index (Phi) is 13.4. The fourth-order valence-corrected chi connectivity index (χ4v) is 9.26. The molecule has 354 valence electrons. The molecule has 14 nitrogen and oxygen atoms in total. The summed E-state index contributed by atoms with van der Waals surface area (Å²) in [5, 5.41) is 3.51. The van der Waals surface area contributed by atoms with Crippen molar-refractivity contribution in [2.75, 3.05) is 66.6 Å². The number of rotatable bonds is 16. The van der Waals surface area contributed by atoms with Gasteiger partial charge in [0.2, 0.25) is 0 Å². The van der Waals surface area contributed by atoms with Crippen molar-refractivity contribution in [3.05, 3.63) is 130 Å². The van der Waals surface area contributed by atoms with E-state index in [-0.39, 0.29) is 50.3 Å². The third kappa shape index (κ3) is 9.74. The van der Waals surface area contributed by atoms with Crippen LogP contribution >= 0.6 is 0 Å². The van der Waals surface area contributed by atoms with Crippen LogP contribution in [0.3, 0.4) is 0 Å². The van der Waals surface area contributed by atoms with Gasteiger partial charge < -0.3 is 38.6 Å². The lowest BCUT2D eigenvalue weighted by molar-refractivity contribution is 0.0447. The second-order valence-corrected chi connectivity index (χ2v) is 18.5. The lowest BCUT2D eigenvalue weighted by Crippen LogP contribution is -2.39. The number of carbonyl (C=O) groups is 3. The average Bonchev–Trinajstić information content (AvgIpc) is 3.81. The summed E-state index contributed by atoms with van der Waals surface area (Å²) in [6.45, 7) is 12.1. The maximum Gasteiger partial charge on any atom is 0.414 e.